The van der Waals surface area contributed by atoms with Crippen molar-refractivity contribution in [2.45, 2.75) is 53.4 Å². The van der Waals surface area contributed by atoms with E-state index in [0.29, 0.717) is 59.6 Å². The van der Waals surface area contributed by atoms with Gasteiger partial charge < -0.3 is 40.5 Å². The van der Waals surface area contributed by atoms with E-state index in [9.17, 15) is 19.2 Å². The van der Waals surface area contributed by atoms with Crippen molar-refractivity contribution in [3.8, 4) is 0 Å². The molecule has 0 fully saturated rings. The molecule has 4 N–H and O–H groups in total. The van der Waals surface area contributed by atoms with E-state index in [-0.39, 0.29) is 37.7 Å². The zero-order chi connectivity index (χ0) is 53.4. The zero-order valence-corrected chi connectivity index (χ0v) is 42.9. The number of nitrogens with one attached hydrogen (secondary N) is 4. The third-order valence-electron chi connectivity index (χ3n) is 10.2. The molecule has 0 bridgehead atoms. The van der Waals surface area contributed by atoms with Crippen LogP contribution < -0.4 is 21.3 Å². The van der Waals surface area contributed by atoms with Gasteiger partial charge in [-0.25, -0.2) is 0 Å². The van der Waals surface area contributed by atoms with Crippen molar-refractivity contribution >= 4 is 59.3 Å². The monoisotopic (exact) mass is 1010 g/mol. The lowest BCUT2D eigenvalue weighted by atomic mass is 10.2. The van der Waals surface area contributed by atoms with Crippen molar-refractivity contribution in [3.05, 3.63) is 164 Å². The summed E-state index contributed by atoms with van der Waals surface area (Å²) in [6, 6.07) is 20.2. The van der Waals surface area contributed by atoms with Crippen LogP contribution in [0, 0.1) is 0 Å². The molecule has 0 aliphatic heterocycles. The van der Waals surface area contributed by atoms with E-state index in [0.717, 1.165) is 39.4 Å². The first kappa shape index (κ1) is 60.3. The van der Waals surface area contributed by atoms with Crippen LogP contribution in [0.5, 0.6) is 0 Å². The summed E-state index contributed by atoms with van der Waals surface area (Å²) in [6.07, 6.45) is 18.9. The summed E-state index contributed by atoms with van der Waals surface area (Å²) in [6.45, 7) is 15.4. The highest BCUT2D eigenvalue weighted by Gasteiger charge is 2.22. The first-order valence-electron chi connectivity index (χ1n) is 24.8. The van der Waals surface area contributed by atoms with E-state index in [2.05, 4.69) is 65.1 Å². The van der Waals surface area contributed by atoms with Gasteiger partial charge in [-0.1, -0.05) is 98.6 Å². The average Bonchev–Trinajstić information content (AvgIpc) is 3.41. The molecule has 20 nitrogen and oxygen atoms in total. The molecule has 0 aliphatic carbocycles. The number of carbonyl (C=O) groups excluding carboxylic acids is 4. The third-order valence-corrected chi connectivity index (χ3v) is 10.2. The second kappa shape index (κ2) is 37.8. The summed E-state index contributed by atoms with van der Waals surface area (Å²) in [5, 5.41) is 19.1. The van der Waals surface area contributed by atoms with E-state index in [1.807, 2.05) is 13.8 Å². The molecule has 0 spiro atoms. The second-order valence-corrected chi connectivity index (χ2v) is 16.2. The Hall–Kier alpha value is -7.96. The normalized spacial score (nSPS) is 11.2. The lowest BCUT2D eigenvalue weighted by Crippen LogP contribution is -2.41. The predicted octanol–water partition coefficient (Wildman–Crippen LogP) is 8.90. The predicted molar refractivity (Wildman–Crippen MR) is 291 cm³/mol. The van der Waals surface area contributed by atoms with Crippen molar-refractivity contribution in [1.82, 2.24) is 41.0 Å². The molecular formula is C54H70N14O6. The Balaban J connectivity index is 0.000000973. The number of hydrogen-bond acceptors (Lipinski definition) is 12. The quantitative estimate of drug-likeness (QED) is 0.0119. The molecule has 4 amide bonds. The topological polar surface area (TPSA) is 265 Å². The largest absolute Gasteiger partial charge is 0.379 e. The fourth-order valence-corrected chi connectivity index (χ4v) is 6.61. The summed E-state index contributed by atoms with van der Waals surface area (Å²) in [4.78, 5) is 71.0. The fraction of sp³-hybridized carbons (Fsp3) is 0.370. The molecule has 20 heteroatoms. The number of nitrogens with zero attached hydrogens (tertiary/aromatic N) is 10. The number of pyridine rings is 2. The van der Waals surface area contributed by atoms with Crippen LogP contribution in [-0.4, -0.2) is 122 Å². The Morgan fingerprint density at radius 1 is 0.541 bits per heavy atom. The molecule has 392 valence electrons. The lowest BCUT2D eigenvalue weighted by molar-refractivity contribution is -0.130. The molecule has 4 rings (SSSR count). The molecule has 0 atom stereocenters. The Kier molecular flexibility index (Phi) is 30.8. The highest BCUT2D eigenvalue weighted by molar-refractivity contribution is 6.05. The lowest BCUT2D eigenvalue weighted by Gasteiger charge is -2.25. The van der Waals surface area contributed by atoms with Crippen LogP contribution >= 0.6 is 0 Å². The van der Waals surface area contributed by atoms with Crippen LogP contribution in [-0.2, 0) is 28.7 Å². The molecule has 0 unspecified atom stereocenters. The molecule has 74 heavy (non-hydrogen) atoms. The SMILES string of the molecule is CCCN(CCOCCN(CCC)C(=O)/C(=C/c1cccnc1)NC(=O)/C=C/c1ccc(N=[N+]=[N-])cc1)C(=O)/C(=C/c1cccnc1)NC(=O)/C=C/c1ccc(N=[N+]=[N-])cc1.CCCNCCOCCNCCC. The van der Waals surface area contributed by atoms with Crippen molar-refractivity contribution in [3.63, 3.8) is 0 Å². The van der Waals surface area contributed by atoms with Crippen LogP contribution in [0.15, 0.2) is 131 Å². The van der Waals surface area contributed by atoms with Gasteiger partial charge >= 0.3 is 0 Å². The molecule has 2 aromatic heterocycles. The maximum atomic E-state index is 14.0. The van der Waals surface area contributed by atoms with Gasteiger partial charge in [-0.15, -0.1) is 0 Å². The third kappa shape index (κ3) is 25.4. The Morgan fingerprint density at radius 3 is 1.30 bits per heavy atom. The molecule has 2 heterocycles. The average molecular weight is 1010 g/mol. The van der Waals surface area contributed by atoms with E-state index in [1.54, 1.807) is 132 Å². The molecular weight excluding hydrogens is 941 g/mol. The minimum absolute atomic E-state index is 0.0441. The Labute approximate surface area is 434 Å². The number of carbonyl (C=O) groups is 4. The van der Waals surface area contributed by atoms with Crippen molar-refractivity contribution in [2.24, 2.45) is 10.2 Å². The summed E-state index contributed by atoms with van der Waals surface area (Å²) < 4.78 is 11.4. The van der Waals surface area contributed by atoms with Crippen LogP contribution in [0.25, 0.3) is 45.2 Å². The van der Waals surface area contributed by atoms with Gasteiger partial charge in [-0.2, -0.15) is 0 Å². The molecule has 0 radical (unpaired) electrons. The Bertz CT molecular complexity index is 2330. The smallest absolute Gasteiger partial charge is 0.270 e. The molecule has 2 aromatic carbocycles. The fourth-order valence-electron chi connectivity index (χ4n) is 6.61. The van der Waals surface area contributed by atoms with Crippen LogP contribution in [0.2, 0.25) is 0 Å². The van der Waals surface area contributed by atoms with Crippen molar-refractivity contribution in [1.29, 1.82) is 0 Å². The van der Waals surface area contributed by atoms with Crippen LogP contribution in [0.3, 0.4) is 0 Å². The van der Waals surface area contributed by atoms with Gasteiger partial charge in [0, 0.05) is 97.4 Å². The van der Waals surface area contributed by atoms with Gasteiger partial charge in [0.1, 0.15) is 11.4 Å². The maximum absolute atomic E-state index is 14.0. The summed E-state index contributed by atoms with van der Waals surface area (Å²) >= 11 is 0. The van der Waals surface area contributed by atoms with E-state index < -0.39 is 23.6 Å². The minimum atomic E-state index is -0.529. The van der Waals surface area contributed by atoms with Gasteiger partial charge in [0.05, 0.1) is 26.4 Å². The summed E-state index contributed by atoms with van der Waals surface area (Å²) in [5.74, 6) is -1.90. The number of amides is 4. The number of rotatable bonds is 32. The molecule has 0 saturated heterocycles. The molecule has 0 saturated carbocycles. The highest BCUT2D eigenvalue weighted by Crippen LogP contribution is 2.16. The van der Waals surface area contributed by atoms with E-state index in [4.69, 9.17) is 20.5 Å². The standard InChI is InChI=1S/C44H46N12O5.C10H24N2O/c1-3-23-55(43(59)39(29-35-7-5-21-47-31-35)49-41(57)19-13-33-9-15-37(16-10-33)51-53-45)25-27-61-28-26-56(24-4-2)44(60)40(30-36-8-6-22-48-32-36)50-42(58)20-14-34-11-17-38(18-12-34)52-54-46;1-3-5-11-7-9-13-10-8-12-6-4-2/h5-22,29-32H,3-4,23-28H2,1-2H3,(H,49,57)(H,50,58);11-12H,3-10H2,1-2H3/b19-13+,20-14+,39-29-,40-30-;. The summed E-state index contributed by atoms with van der Waals surface area (Å²) in [5.41, 5.74) is 20.8. The van der Waals surface area contributed by atoms with Gasteiger partial charge in [-0.3, -0.25) is 29.1 Å². The second-order valence-electron chi connectivity index (χ2n) is 16.2. The minimum Gasteiger partial charge on any atom is -0.379 e. The maximum Gasteiger partial charge on any atom is 0.270 e. The number of hydrogen-bond donors (Lipinski definition) is 4. The van der Waals surface area contributed by atoms with Crippen molar-refractivity contribution in [2.75, 3.05) is 78.8 Å². The summed E-state index contributed by atoms with van der Waals surface area (Å²) in [7, 11) is 0. The Morgan fingerprint density at radius 2 is 0.946 bits per heavy atom. The number of benzene rings is 2. The molecule has 0 aliphatic rings. The van der Waals surface area contributed by atoms with Gasteiger partial charge in [0.25, 0.3) is 11.8 Å². The van der Waals surface area contributed by atoms with E-state index >= 15 is 0 Å². The van der Waals surface area contributed by atoms with Crippen molar-refractivity contribution < 1.29 is 28.7 Å². The number of azide groups is 2. The molecule has 4 aromatic rings. The van der Waals surface area contributed by atoms with Crippen LogP contribution in [0.1, 0.15) is 75.6 Å². The van der Waals surface area contributed by atoms with Gasteiger partial charge in [0.2, 0.25) is 11.8 Å². The highest BCUT2D eigenvalue weighted by atomic mass is 16.5. The van der Waals surface area contributed by atoms with E-state index in [1.165, 1.54) is 25.0 Å². The van der Waals surface area contributed by atoms with Gasteiger partial charge in [-0.05, 0) is 109 Å². The number of aromatic nitrogens is 2. The van der Waals surface area contributed by atoms with Crippen LogP contribution in [0.4, 0.5) is 11.4 Å². The first-order chi connectivity index (χ1) is 36.1. The first-order valence-corrected chi connectivity index (χ1v) is 24.8. The zero-order valence-electron chi connectivity index (χ0n) is 42.9. The van der Waals surface area contributed by atoms with Gasteiger partial charge in [0.15, 0.2) is 0 Å². The number of ether oxygens (including phenoxy) is 2.